The highest BCUT2D eigenvalue weighted by Crippen LogP contribution is 2.38. The van der Waals surface area contributed by atoms with Crippen LogP contribution in [0.15, 0.2) is 42.6 Å². The summed E-state index contributed by atoms with van der Waals surface area (Å²) in [6, 6.07) is 8.90. The number of pyridine rings is 1. The monoisotopic (exact) mass is 471 g/mol. The molecule has 0 bridgehead atoms. The third-order valence-corrected chi connectivity index (χ3v) is 5.92. The summed E-state index contributed by atoms with van der Waals surface area (Å²) < 4.78 is 46.1. The van der Waals surface area contributed by atoms with E-state index in [1.165, 1.54) is 7.11 Å². The van der Waals surface area contributed by atoms with Crippen LogP contribution in [0.5, 0.6) is 0 Å². The van der Waals surface area contributed by atoms with Crippen molar-refractivity contribution in [2.45, 2.75) is 25.4 Å². The Hall–Kier alpha value is -3.43. The van der Waals surface area contributed by atoms with Crippen LogP contribution >= 0.6 is 0 Å². The van der Waals surface area contributed by atoms with Crippen LogP contribution in [0.4, 0.5) is 24.7 Å². The Morgan fingerprint density at radius 1 is 1.24 bits per heavy atom. The molecule has 3 N–H and O–H groups in total. The number of primary amides is 1. The van der Waals surface area contributed by atoms with Crippen LogP contribution in [0.3, 0.4) is 0 Å². The van der Waals surface area contributed by atoms with E-state index in [9.17, 15) is 23.1 Å². The number of carbonyl (C=O) groups excluding carboxylic acids is 1. The van der Waals surface area contributed by atoms with Gasteiger partial charge in [0.05, 0.1) is 12.7 Å². The normalized spacial score (nSPS) is 13.7. The van der Waals surface area contributed by atoms with Gasteiger partial charge in [0.2, 0.25) is 5.91 Å². The molecule has 0 saturated heterocycles. The van der Waals surface area contributed by atoms with Gasteiger partial charge < -0.3 is 20.5 Å². The lowest BCUT2D eigenvalue weighted by atomic mass is 9.96. The first-order chi connectivity index (χ1) is 16.3. The van der Waals surface area contributed by atoms with Crippen molar-refractivity contribution < 1.29 is 27.8 Å². The van der Waals surface area contributed by atoms with Gasteiger partial charge in [0.1, 0.15) is 5.82 Å². The molecule has 0 aliphatic carbocycles. The molecule has 0 unspecified atom stereocenters. The lowest BCUT2D eigenvalue weighted by molar-refractivity contribution is 0.0649. The largest absolute Gasteiger partial charge is 0.390 e. The van der Waals surface area contributed by atoms with E-state index in [-0.39, 0.29) is 25.0 Å². The molecule has 2 heterocycles. The number of nitrogens with two attached hydrogens (primary N) is 1. The maximum Gasteiger partial charge on any atom is 0.249 e. The minimum atomic E-state index is -1.52. The number of carbonyl (C=O) groups is 1. The van der Waals surface area contributed by atoms with Gasteiger partial charge in [0.15, 0.2) is 17.5 Å². The summed E-state index contributed by atoms with van der Waals surface area (Å²) in [7, 11) is 1.47. The molecule has 0 fully saturated rings. The number of amides is 1. The average Bonchev–Trinajstić information content (AvgIpc) is 3.22. The zero-order chi connectivity index (χ0) is 24.4. The van der Waals surface area contributed by atoms with Crippen LogP contribution in [0, 0.1) is 17.5 Å². The summed E-state index contributed by atoms with van der Waals surface area (Å²) in [6.07, 6.45) is 1.56. The standard InChI is InChI=1S/C25H24F3N3O3/c1-34-13-16(32)12-19-15(9-14-10-20(26)23(28)21(27)11-14)5-7-30-25(19)31-8-6-17-18(24(29)33)3-2-4-22(17)31/h2-5,7,10-11,16,32H,6,8-9,12-13H2,1H3,(H2,29,33)/t16-/m0/s1. The molecule has 3 aromatic rings. The summed E-state index contributed by atoms with van der Waals surface area (Å²) in [5.41, 5.74) is 9.15. The Morgan fingerprint density at radius 2 is 1.97 bits per heavy atom. The second-order valence-corrected chi connectivity index (χ2v) is 8.20. The fourth-order valence-corrected chi connectivity index (χ4v) is 4.44. The third-order valence-electron chi connectivity index (χ3n) is 5.92. The van der Waals surface area contributed by atoms with Gasteiger partial charge in [-0.1, -0.05) is 6.07 Å². The molecule has 0 saturated carbocycles. The number of hydrogen-bond acceptors (Lipinski definition) is 5. The van der Waals surface area contributed by atoms with Crippen molar-refractivity contribution >= 4 is 17.4 Å². The fourth-order valence-electron chi connectivity index (χ4n) is 4.44. The van der Waals surface area contributed by atoms with Crippen molar-refractivity contribution in [3.63, 3.8) is 0 Å². The Labute approximate surface area is 194 Å². The maximum atomic E-state index is 13.8. The van der Waals surface area contributed by atoms with Crippen molar-refractivity contribution in [2.24, 2.45) is 5.73 Å². The van der Waals surface area contributed by atoms with Gasteiger partial charge in [-0.2, -0.15) is 0 Å². The van der Waals surface area contributed by atoms with Crippen molar-refractivity contribution in [3.8, 4) is 0 Å². The summed E-state index contributed by atoms with van der Waals surface area (Å²) in [4.78, 5) is 18.4. The predicted octanol–water partition coefficient (Wildman–Crippen LogP) is 3.43. The number of halogens is 3. The van der Waals surface area contributed by atoms with E-state index in [2.05, 4.69) is 4.98 Å². The Bertz CT molecular complexity index is 1210. The molecular weight excluding hydrogens is 447 g/mol. The number of hydrogen-bond donors (Lipinski definition) is 2. The van der Waals surface area contributed by atoms with E-state index in [4.69, 9.17) is 10.5 Å². The van der Waals surface area contributed by atoms with E-state index in [0.717, 1.165) is 23.4 Å². The minimum Gasteiger partial charge on any atom is -0.390 e. The Morgan fingerprint density at radius 3 is 2.65 bits per heavy atom. The second kappa shape index (κ2) is 9.82. The number of benzene rings is 2. The molecule has 1 aromatic heterocycles. The quantitative estimate of drug-likeness (QED) is 0.492. The summed E-state index contributed by atoms with van der Waals surface area (Å²) in [6.45, 7) is 0.610. The van der Waals surface area contributed by atoms with E-state index in [1.807, 2.05) is 11.0 Å². The van der Waals surface area contributed by atoms with Crippen LogP contribution in [-0.4, -0.2) is 42.4 Å². The van der Waals surface area contributed by atoms with Crippen molar-refractivity contribution in [2.75, 3.05) is 25.2 Å². The van der Waals surface area contributed by atoms with E-state index in [1.54, 1.807) is 24.4 Å². The zero-order valence-electron chi connectivity index (χ0n) is 18.5. The van der Waals surface area contributed by atoms with Crippen molar-refractivity contribution in [1.82, 2.24) is 4.98 Å². The number of anilines is 2. The van der Waals surface area contributed by atoms with Gasteiger partial charge in [-0.05, 0) is 59.9 Å². The number of aromatic nitrogens is 1. The van der Waals surface area contributed by atoms with Gasteiger partial charge >= 0.3 is 0 Å². The molecule has 4 rings (SSSR count). The van der Waals surface area contributed by atoms with E-state index in [0.29, 0.717) is 35.5 Å². The summed E-state index contributed by atoms with van der Waals surface area (Å²) in [5.74, 6) is -4.02. The predicted molar refractivity (Wildman–Crippen MR) is 121 cm³/mol. The minimum absolute atomic E-state index is 0.0794. The molecule has 1 amide bonds. The highest BCUT2D eigenvalue weighted by atomic mass is 19.2. The van der Waals surface area contributed by atoms with Crippen LogP contribution in [0.25, 0.3) is 0 Å². The van der Waals surface area contributed by atoms with Gasteiger partial charge in [-0.3, -0.25) is 4.79 Å². The molecule has 178 valence electrons. The van der Waals surface area contributed by atoms with E-state index < -0.39 is 29.5 Å². The molecule has 9 heteroatoms. The summed E-state index contributed by atoms with van der Waals surface area (Å²) >= 11 is 0. The number of methoxy groups -OCH3 is 1. The van der Waals surface area contributed by atoms with Gasteiger partial charge in [0, 0.05) is 43.1 Å². The molecule has 0 radical (unpaired) electrons. The Kier molecular flexibility index (Phi) is 6.85. The number of aliphatic hydroxyl groups excluding tert-OH is 1. The van der Waals surface area contributed by atoms with Crippen LogP contribution in [-0.2, 0) is 24.0 Å². The first-order valence-corrected chi connectivity index (χ1v) is 10.8. The smallest absolute Gasteiger partial charge is 0.249 e. The van der Waals surface area contributed by atoms with Crippen molar-refractivity contribution in [3.05, 3.63) is 87.9 Å². The molecule has 2 aromatic carbocycles. The zero-order valence-corrected chi connectivity index (χ0v) is 18.5. The van der Waals surface area contributed by atoms with Gasteiger partial charge in [-0.25, -0.2) is 18.2 Å². The lowest BCUT2D eigenvalue weighted by Crippen LogP contribution is -2.23. The molecule has 1 atom stereocenters. The molecule has 1 aliphatic rings. The molecular formula is C25H24F3N3O3. The fraction of sp³-hybridized carbons (Fsp3) is 0.280. The highest BCUT2D eigenvalue weighted by molar-refractivity contribution is 5.97. The Balaban J connectivity index is 1.79. The SMILES string of the molecule is COC[C@@H](O)Cc1c(Cc2cc(F)c(F)c(F)c2)ccnc1N1CCc2c(C(N)=O)cccc21. The number of rotatable bonds is 8. The van der Waals surface area contributed by atoms with E-state index >= 15 is 0 Å². The number of aliphatic hydroxyl groups is 1. The number of fused-ring (bicyclic) bond motifs is 1. The van der Waals surface area contributed by atoms with Gasteiger partial charge in [-0.15, -0.1) is 0 Å². The second-order valence-electron chi connectivity index (χ2n) is 8.20. The average molecular weight is 471 g/mol. The number of ether oxygens (including phenoxy) is 1. The molecule has 34 heavy (non-hydrogen) atoms. The molecule has 0 spiro atoms. The van der Waals surface area contributed by atoms with Crippen LogP contribution < -0.4 is 10.6 Å². The number of nitrogens with zero attached hydrogens (tertiary/aromatic N) is 2. The molecule has 6 nitrogen and oxygen atoms in total. The maximum absolute atomic E-state index is 13.8. The summed E-state index contributed by atoms with van der Waals surface area (Å²) in [5, 5.41) is 10.5. The first-order valence-electron chi connectivity index (χ1n) is 10.8. The topological polar surface area (TPSA) is 88.7 Å². The van der Waals surface area contributed by atoms with Crippen LogP contribution in [0.1, 0.15) is 32.6 Å². The van der Waals surface area contributed by atoms with Gasteiger partial charge in [0.25, 0.3) is 0 Å². The van der Waals surface area contributed by atoms with Crippen molar-refractivity contribution in [1.29, 1.82) is 0 Å². The lowest BCUT2D eigenvalue weighted by Gasteiger charge is -2.25. The highest BCUT2D eigenvalue weighted by Gasteiger charge is 2.28. The van der Waals surface area contributed by atoms with Crippen LogP contribution in [0.2, 0.25) is 0 Å². The molecule has 1 aliphatic heterocycles. The first kappa shape index (κ1) is 23.7. The third kappa shape index (κ3) is 4.62.